The molecule has 104 valence electrons. The molecule has 0 radical (unpaired) electrons. The minimum Gasteiger partial charge on any atom is -0.358 e. The Hall–Kier alpha value is -2.62. The van der Waals surface area contributed by atoms with Crippen LogP contribution in [0.5, 0.6) is 0 Å². The number of hydrogen-bond donors (Lipinski definition) is 2. The van der Waals surface area contributed by atoms with Gasteiger partial charge in [0.2, 0.25) is 0 Å². The average Bonchev–Trinajstić information content (AvgIpc) is 2.92. The van der Waals surface area contributed by atoms with Crippen molar-refractivity contribution >= 4 is 16.8 Å². The van der Waals surface area contributed by atoms with Crippen molar-refractivity contribution in [2.45, 2.75) is 13.3 Å². The molecule has 0 aliphatic carbocycles. The van der Waals surface area contributed by atoms with E-state index >= 15 is 0 Å². The Bertz CT molecular complexity index is 864. The largest absolute Gasteiger partial charge is 0.358 e. The number of para-hydroxylation sites is 1. The minimum atomic E-state index is 0.00289. The van der Waals surface area contributed by atoms with Gasteiger partial charge in [-0.05, 0) is 19.1 Å². The zero-order valence-electron chi connectivity index (χ0n) is 11.7. The molecule has 0 unspecified atom stereocenters. The molecule has 0 saturated heterocycles. The normalized spacial score (nSPS) is 14.0. The molecule has 2 N–H and O–H groups in total. The van der Waals surface area contributed by atoms with Gasteiger partial charge in [0.25, 0.3) is 5.91 Å². The lowest BCUT2D eigenvalue weighted by atomic mass is 10.1. The van der Waals surface area contributed by atoms with Gasteiger partial charge in [-0.25, -0.2) is 0 Å². The molecule has 0 bridgehead atoms. The Labute approximate surface area is 122 Å². The number of hydrogen-bond acceptors (Lipinski definition) is 2. The fourth-order valence-corrected chi connectivity index (χ4v) is 2.90. The molecule has 0 atom stereocenters. The molecule has 2 aromatic heterocycles. The standard InChI is InChI=1S/C17H15N3O/c1-10-5-6-11-3-2-4-12(16(11)19-10)15-9-13-14(20-15)7-8-18-17(13)21/h2-6,9,20H,7-8H2,1H3,(H,18,21). The molecule has 1 aliphatic rings. The monoisotopic (exact) mass is 277 g/mol. The van der Waals surface area contributed by atoms with Crippen LogP contribution in [0.3, 0.4) is 0 Å². The number of amides is 1. The second kappa shape index (κ2) is 4.45. The van der Waals surface area contributed by atoms with Crippen LogP contribution in [0.15, 0.2) is 36.4 Å². The number of nitrogens with zero attached hydrogens (tertiary/aromatic N) is 1. The van der Waals surface area contributed by atoms with Gasteiger partial charge in [0.05, 0.1) is 11.1 Å². The molecule has 0 fully saturated rings. The summed E-state index contributed by atoms with van der Waals surface area (Å²) in [4.78, 5) is 19.9. The first kappa shape index (κ1) is 12.1. The van der Waals surface area contributed by atoms with E-state index in [9.17, 15) is 4.79 Å². The van der Waals surface area contributed by atoms with Crippen LogP contribution >= 0.6 is 0 Å². The Kier molecular flexibility index (Phi) is 2.57. The number of fused-ring (bicyclic) bond motifs is 2. The molecular formula is C17H15N3O. The lowest BCUT2D eigenvalue weighted by Crippen LogP contribution is -2.31. The number of carbonyl (C=O) groups excluding carboxylic acids is 1. The van der Waals surface area contributed by atoms with Gasteiger partial charge in [0.1, 0.15) is 0 Å². The summed E-state index contributed by atoms with van der Waals surface area (Å²) >= 11 is 0. The van der Waals surface area contributed by atoms with Crippen molar-refractivity contribution in [3.05, 3.63) is 53.3 Å². The number of H-pyrrole nitrogens is 1. The number of aromatic amines is 1. The molecule has 0 spiro atoms. The first-order valence-electron chi connectivity index (χ1n) is 7.09. The van der Waals surface area contributed by atoms with Crippen molar-refractivity contribution in [3.63, 3.8) is 0 Å². The number of benzene rings is 1. The topological polar surface area (TPSA) is 57.8 Å². The van der Waals surface area contributed by atoms with E-state index in [1.54, 1.807) is 0 Å². The van der Waals surface area contributed by atoms with Crippen molar-refractivity contribution in [3.8, 4) is 11.3 Å². The summed E-state index contributed by atoms with van der Waals surface area (Å²) in [6.07, 6.45) is 0.846. The quantitative estimate of drug-likeness (QED) is 0.718. The SMILES string of the molecule is Cc1ccc2cccc(-c3cc4c([nH]3)CCNC4=O)c2n1. The summed E-state index contributed by atoms with van der Waals surface area (Å²) in [6, 6.07) is 12.2. The number of carbonyl (C=O) groups is 1. The first-order chi connectivity index (χ1) is 10.2. The number of rotatable bonds is 1. The molecule has 3 aromatic rings. The molecule has 1 aromatic carbocycles. The van der Waals surface area contributed by atoms with Crippen molar-refractivity contribution in [2.75, 3.05) is 6.54 Å². The van der Waals surface area contributed by atoms with E-state index in [4.69, 9.17) is 0 Å². The van der Waals surface area contributed by atoms with E-state index in [0.717, 1.165) is 45.5 Å². The minimum absolute atomic E-state index is 0.00289. The third kappa shape index (κ3) is 1.91. The van der Waals surface area contributed by atoms with Gasteiger partial charge in [-0.2, -0.15) is 0 Å². The van der Waals surface area contributed by atoms with E-state index in [1.165, 1.54) is 0 Å². The maximum atomic E-state index is 11.9. The summed E-state index contributed by atoms with van der Waals surface area (Å²) < 4.78 is 0. The molecule has 3 heterocycles. The molecule has 0 saturated carbocycles. The van der Waals surface area contributed by atoms with Gasteiger partial charge in [0, 0.05) is 41.0 Å². The zero-order valence-corrected chi connectivity index (χ0v) is 11.7. The molecule has 4 heteroatoms. The summed E-state index contributed by atoms with van der Waals surface area (Å²) in [6.45, 7) is 2.68. The Balaban J connectivity index is 1.95. The van der Waals surface area contributed by atoms with Gasteiger partial charge in [-0.15, -0.1) is 0 Å². The smallest absolute Gasteiger partial charge is 0.253 e. The molecule has 1 amide bonds. The lowest BCUT2D eigenvalue weighted by molar-refractivity contribution is 0.0946. The van der Waals surface area contributed by atoms with E-state index in [2.05, 4.69) is 27.4 Å². The predicted octanol–water partition coefficient (Wildman–Crippen LogP) is 2.82. The second-order valence-electron chi connectivity index (χ2n) is 5.41. The Morgan fingerprint density at radius 1 is 1.14 bits per heavy atom. The van der Waals surface area contributed by atoms with Gasteiger partial charge < -0.3 is 10.3 Å². The van der Waals surface area contributed by atoms with E-state index < -0.39 is 0 Å². The molecule has 21 heavy (non-hydrogen) atoms. The van der Waals surface area contributed by atoms with Crippen LogP contribution in [-0.2, 0) is 6.42 Å². The van der Waals surface area contributed by atoms with Crippen LogP contribution in [0.2, 0.25) is 0 Å². The molecule has 1 aliphatic heterocycles. The summed E-state index contributed by atoms with van der Waals surface area (Å²) in [7, 11) is 0. The maximum Gasteiger partial charge on any atom is 0.253 e. The fourth-order valence-electron chi connectivity index (χ4n) is 2.90. The fraction of sp³-hybridized carbons (Fsp3) is 0.176. The van der Waals surface area contributed by atoms with Crippen LogP contribution in [0.4, 0.5) is 0 Å². The van der Waals surface area contributed by atoms with Crippen molar-refractivity contribution in [1.82, 2.24) is 15.3 Å². The van der Waals surface area contributed by atoms with Crippen LogP contribution < -0.4 is 5.32 Å². The van der Waals surface area contributed by atoms with Gasteiger partial charge >= 0.3 is 0 Å². The molecule has 4 nitrogen and oxygen atoms in total. The number of pyridine rings is 1. The third-order valence-corrected chi connectivity index (χ3v) is 3.95. The van der Waals surface area contributed by atoms with Crippen LogP contribution in [0.25, 0.3) is 22.2 Å². The highest BCUT2D eigenvalue weighted by atomic mass is 16.1. The van der Waals surface area contributed by atoms with Crippen LogP contribution in [0, 0.1) is 6.92 Å². The van der Waals surface area contributed by atoms with Gasteiger partial charge in [-0.1, -0.05) is 24.3 Å². The van der Waals surface area contributed by atoms with Crippen LogP contribution in [-0.4, -0.2) is 22.4 Å². The highest BCUT2D eigenvalue weighted by Crippen LogP contribution is 2.29. The maximum absolute atomic E-state index is 11.9. The summed E-state index contributed by atoms with van der Waals surface area (Å²) in [5.41, 5.74) is 5.72. The highest BCUT2D eigenvalue weighted by molar-refractivity contribution is 5.99. The van der Waals surface area contributed by atoms with Crippen molar-refractivity contribution in [1.29, 1.82) is 0 Å². The van der Waals surface area contributed by atoms with Gasteiger partial charge in [0.15, 0.2) is 0 Å². The Morgan fingerprint density at radius 2 is 2.05 bits per heavy atom. The number of nitrogens with one attached hydrogen (secondary N) is 2. The van der Waals surface area contributed by atoms with E-state index in [-0.39, 0.29) is 5.91 Å². The van der Waals surface area contributed by atoms with E-state index in [0.29, 0.717) is 6.54 Å². The number of aryl methyl sites for hydroxylation is 1. The van der Waals surface area contributed by atoms with Crippen LogP contribution in [0.1, 0.15) is 21.7 Å². The highest BCUT2D eigenvalue weighted by Gasteiger charge is 2.20. The third-order valence-electron chi connectivity index (χ3n) is 3.95. The molecular weight excluding hydrogens is 262 g/mol. The Morgan fingerprint density at radius 3 is 2.90 bits per heavy atom. The van der Waals surface area contributed by atoms with E-state index in [1.807, 2.05) is 31.2 Å². The summed E-state index contributed by atoms with van der Waals surface area (Å²) in [5, 5.41) is 3.98. The lowest BCUT2D eigenvalue weighted by Gasteiger charge is -2.11. The molecule has 4 rings (SSSR count). The zero-order chi connectivity index (χ0) is 14.4. The van der Waals surface area contributed by atoms with Crippen molar-refractivity contribution in [2.24, 2.45) is 0 Å². The first-order valence-corrected chi connectivity index (χ1v) is 7.09. The second-order valence-corrected chi connectivity index (χ2v) is 5.41. The summed E-state index contributed by atoms with van der Waals surface area (Å²) in [5.74, 6) is 0.00289. The van der Waals surface area contributed by atoms with Crippen molar-refractivity contribution < 1.29 is 4.79 Å². The average molecular weight is 277 g/mol. The van der Waals surface area contributed by atoms with Gasteiger partial charge in [-0.3, -0.25) is 9.78 Å². The predicted molar refractivity (Wildman–Crippen MR) is 82.3 cm³/mol. The number of aromatic nitrogens is 2.